The third-order valence-electron chi connectivity index (χ3n) is 1.96. The van der Waals surface area contributed by atoms with Gasteiger partial charge in [-0.2, -0.15) is 0 Å². The molecule has 1 fully saturated rings. The van der Waals surface area contributed by atoms with Crippen molar-refractivity contribution in [1.82, 2.24) is 0 Å². The summed E-state index contributed by atoms with van der Waals surface area (Å²) >= 11 is 0. The van der Waals surface area contributed by atoms with Crippen molar-refractivity contribution < 1.29 is 28.9 Å². The third-order valence-corrected chi connectivity index (χ3v) is 1.96. The van der Waals surface area contributed by atoms with Crippen LogP contribution in [0.1, 0.15) is 20.3 Å². The van der Waals surface area contributed by atoms with Gasteiger partial charge in [0.15, 0.2) is 12.4 Å². The van der Waals surface area contributed by atoms with Crippen LogP contribution in [0.3, 0.4) is 0 Å². The Bertz CT molecular complexity index is 251. The van der Waals surface area contributed by atoms with Gasteiger partial charge < -0.3 is 19.3 Å². The van der Waals surface area contributed by atoms with Crippen molar-refractivity contribution in [1.29, 1.82) is 0 Å². The van der Waals surface area contributed by atoms with E-state index in [1.165, 1.54) is 13.8 Å². The molecule has 0 bridgehead atoms. The highest BCUT2D eigenvalue weighted by Crippen LogP contribution is 2.19. The van der Waals surface area contributed by atoms with Gasteiger partial charge in [-0.3, -0.25) is 9.59 Å². The molecule has 0 spiro atoms. The highest BCUT2D eigenvalue weighted by atomic mass is 16.7. The van der Waals surface area contributed by atoms with E-state index in [9.17, 15) is 14.7 Å². The highest BCUT2D eigenvalue weighted by molar-refractivity contribution is 5.67. The fraction of sp³-hybridized carbons (Fsp3) is 0.778. The number of esters is 2. The molecule has 1 N–H and O–H groups in total. The van der Waals surface area contributed by atoms with Gasteiger partial charge in [-0.25, -0.2) is 0 Å². The number of ether oxygens (including phenoxy) is 3. The quantitative estimate of drug-likeness (QED) is 0.634. The van der Waals surface area contributed by atoms with E-state index in [4.69, 9.17) is 14.2 Å². The SMILES string of the molecule is CC(=O)OC1CCOC(O)C1OC(C)=O. The molecular formula is C9H14O6. The van der Waals surface area contributed by atoms with Crippen molar-refractivity contribution in [3.05, 3.63) is 0 Å². The van der Waals surface area contributed by atoms with E-state index in [1.807, 2.05) is 0 Å². The van der Waals surface area contributed by atoms with Crippen molar-refractivity contribution in [2.24, 2.45) is 0 Å². The lowest BCUT2D eigenvalue weighted by Crippen LogP contribution is -2.48. The van der Waals surface area contributed by atoms with Crippen LogP contribution in [0.25, 0.3) is 0 Å². The average Bonchev–Trinajstić information content (AvgIpc) is 2.09. The predicted octanol–water partition coefficient (Wildman–Crippen LogP) is -0.412. The molecule has 15 heavy (non-hydrogen) atoms. The molecule has 0 radical (unpaired) electrons. The molecule has 1 aliphatic heterocycles. The second-order valence-corrected chi connectivity index (χ2v) is 3.27. The molecule has 3 unspecified atom stereocenters. The first-order valence-corrected chi connectivity index (χ1v) is 4.65. The molecule has 0 aromatic rings. The summed E-state index contributed by atoms with van der Waals surface area (Å²) in [5.41, 5.74) is 0. The zero-order chi connectivity index (χ0) is 11.4. The van der Waals surface area contributed by atoms with Gasteiger partial charge in [-0.05, 0) is 0 Å². The maximum Gasteiger partial charge on any atom is 0.303 e. The van der Waals surface area contributed by atoms with E-state index >= 15 is 0 Å². The van der Waals surface area contributed by atoms with Crippen LogP contribution in [0.2, 0.25) is 0 Å². The number of aliphatic hydroxyl groups is 1. The van der Waals surface area contributed by atoms with Gasteiger partial charge in [0.25, 0.3) is 0 Å². The molecule has 1 heterocycles. The Labute approximate surface area is 87.1 Å². The normalized spacial score (nSPS) is 30.7. The lowest BCUT2D eigenvalue weighted by atomic mass is 10.1. The summed E-state index contributed by atoms with van der Waals surface area (Å²) in [4.78, 5) is 21.5. The molecule has 1 saturated heterocycles. The largest absolute Gasteiger partial charge is 0.458 e. The Balaban J connectivity index is 2.63. The number of carbonyl (C=O) groups excluding carboxylic acids is 2. The maximum absolute atomic E-state index is 10.8. The zero-order valence-corrected chi connectivity index (χ0v) is 8.63. The molecule has 6 heteroatoms. The van der Waals surface area contributed by atoms with Crippen LogP contribution < -0.4 is 0 Å². The summed E-state index contributed by atoms with van der Waals surface area (Å²) < 4.78 is 14.6. The summed E-state index contributed by atoms with van der Waals surface area (Å²) in [6, 6.07) is 0. The van der Waals surface area contributed by atoms with Crippen molar-refractivity contribution in [3.8, 4) is 0 Å². The Hall–Kier alpha value is -1.14. The fourth-order valence-corrected chi connectivity index (χ4v) is 1.41. The van der Waals surface area contributed by atoms with E-state index in [2.05, 4.69) is 0 Å². The van der Waals surface area contributed by atoms with E-state index in [1.54, 1.807) is 0 Å². The second kappa shape index (κ2) is 5.09. The molecule has 6 nitrogen and oxygen atoms in total. The lowest BCUT2D eigenvalue weighted by molar-refractivity contribution is -0.238. The summed E-state index contributed by atoms with van der Waals surface area (Å²) in [7, 11) is 0. The average molecular weight is 218 g/mol. The molecule has 1 aliphatic rings. The van der Waals surface area contributed by atoms with Crippen LogP contribution in [0.15, 0.2) is 0 Å². The molecule has 3 atom stereocenters. The molecular weight excluding hydrogens is 204 g/mol. The standard InChI is InChI=1S/C9H14O6/c1-5(10)14-7-3-4-13-9(12)8(7)15-6(2)11/h7-9,12H,3-4H2,1-2H3. The van der Waals surface area contributed by atoms with E-state index < -0.39 is 30.4 Å². The molecule has 0 amide bonds. The molecule has 86 valence electrons. The van der Waals surface area contributed by atoms with Crippen molar-refractivity contribution in [3.63, 3.8) is 0 Å². The van der Waals surface area contributed by atoms with Gasteiger partial charge in [0.2, 0.25) is 0 Å². The van der Waals surface area contributed by atoms with Crippen LogP contribution >= 0.6 is 0 Å². The summed E-state index contributed by atoms with van der Waals surface area (Å²) in [5.74, 6) is -1.03. The fourth-order valence-electron chi connectivity index (χ4n) is 1.41. The van der Waals surface area contributed by atoms with Gasteiger partial charge >= 0.3 is 11.9 Å². The van der Waals surface area contributed by atoms with Gasteiger partial charge in [-0.15, -0.1) is 0 Å². The smallest absolute Gasteiger partial charge is 0.303 e. The van der Waals surface area contributed by atoms with Gasteiger partial charge in [-0.1, -0.05) is 0 Å². The second-order valence-electron chi connectivity index (χ2n) is 3.27. The van der Waals surface area contributed by atoms with Crippen LogP contribution in [-0.4, -0.2) is 42.1 Å². The summed E-state index contributed by atoms with van der Waals surface area (Å²) in [6.07, 6.45) is -2.43. The van der Waals surface area contributed by atoms with Crippen molar-refractivity contribution in [2.75, 3.05) is 6.61 Å². The minimum atomic E-state index is -1.24. The Morgan fingerprint density at radius 2 is 1.87 bits per heavy atom. The van der Waals surface area contributed by atoms with E-state index in [0.717, 1.165) is 0 Å². The Morgan fingerprint density at radius 3 is 2.40 bits per heavy atom. The predicted molar refractivity (Wildman–Crippen MR) is 47.7 cm³/mol. The molecule has 0 aromatic heterocycles. The zero-order valence-electron chi connectivity index (χ0n) is 8.63. The number of rotatable bonds is 2. The van der Waals surface area contributed by atoms with Crippen LogP contribution in [-0.2, 0) is 23.8 Å². The van der Waals surface area contributed by atoms with Crippen molar-refractivity contribution in [2.45, 2.75) is 38.8 Å². The third kappa shape index (κ3) is 3.49. The van der Waals surface area contributed by atoms with Crippen molar-refractivity contribution >= 4 is 11.9 Å². The summed E-state index contributed by atoms with van der Waals surface area (Å²) in [6.45, 7) is 2.73. The molecule has 0 aromatic carbocycles. The number of hydrogen-bond acceptors (Lipinski definition) is 6. The lowest BCUT2D eigenvalue weighted by Gasteiger charge is -2.33. The van der Waals surface area contributed by atoms with Gasteiger partial charge in [0.1, 0.15) is 6.10 Å². The molecule has 1 rings (SSSR count). The van der Waals surface area contributed by atoms with Crippen LogP contribution in [0.5, 0.6) is 0 Å². The topological polar surface area (TPSA) is 82.1 Å². The van der Waals surface area contributed by atoms with E-state index in [-0.39, 0.29) is 6.61 Å². The first kappa shape index (κ1) is 11.9. The Kier molecular flexibility index (Phi) is 4.05. The summed E-state index contributed by atoms with van der Waals surface area (Å²) in [5, 5.41) is 9.41. The molecule has 0 aliphatic carbocycles. The molecule has 0 saturated carbocycles. The monoisotopic (exact) mass is 218 g/mol. The Morgan fingerprint density at radius 1 is 1.27 bits per heavy atom. The minimum Gasteiger partial charge on any atom is -0.458 e. The minimum absolute atomic E-state index is 0.261. The van der Waals surface area contributed by atoms with Gasteiger partial charge in [0.05, 0.1) is 6.61 Å². The first-order chi connectivity index (χ1) is 7.00. The van der Waals surface area contributed by atoms with Gasteiger partial charge in [0, 0.05) is 20.3 Å². The number of aliphatic hydroxyl groups excluding tert-OH is 1. The first-order valence-electron chi connectivity index (χ1n) is 4.65. The van der Waals surface area contributed by atoms with Crippen LogP contribution in [0.4, 0.5) is 0 Å². The number of hydrogen-bond donors (Lipinski definition) is 1. The highest BCUT2D eigenvalue weighted by Gasteiger charge is 2.37. The van der Waals surface area contributed by atoms with E-state index in [0.29, 0.717) is 6.42 Å². The maximum atomic E-state index is 10.8. The van der Waals surface area contributed by atoms with Crippen LogP contribution in [0, 0.1) is 0 Å². The number of carbonyl (C=O) groups is 2.